The summed E-state index contributed by atoms with van der Waals surface area (Å²) in [6, 6.07) is 14.7. The van der Waals surface area contributed by atoms with Crippen molar-refractivity contribution < 1.29 is 4.79 Å². The highest BCUT2D eigenvalue weighted by Crippen LogP contribution is 2.20. The van der Waals surface area contributed by atoms with Crippen molar-refractivity contribution in [2.24, 2.45) is 5.73 Å². The second-order valence-electron chi connectivity index (χ2n) is 4.21. The zero-order valence-electron chi connectivity index (χ0n) is 10.5. The Labute approximate surface area is 127 Å². The lowest BCUT2D eigenvalue weighted by Crippen LogP contribution is -2.12. The fraction of sp³-hybridized carbons (Fsp3) is 0.133. The minimum Gasteiger partial charge on any atom is -0.324 e. The lowest BCUT2D eigenvalue weighted by molar-refractivity contribution is 0.103. The van der Waals surface area contributed by atoms with E-state index in [0.717, 1.165) is 10.0 Å². The maximum Gasteiger partial charge on any atom is 0.193 e. The number of carbonyl (C=O) groups excluding carboxylic acids is 1. The molecule has 2 nitrogen and oxygen atoms in total. The van der Waals surface area contributed by atoms with E-state index in [1.54, 1.807) is 0 Å². The van der Waals surface area contributed by atoms with E-state index < -0.39 is 0 Å². The minimum atomic E-state index is -0.152. The molecule has 0 heterocycles. The van der Waals surface area contributed by atoms with Crippen molar-refractivity contribution in [2.75, 3.05) is 0 Å². The molecule has 0 aliphatic rings. The van der Waals surface area contributed by atoms with Gasteiger partial charge in [0.05, 0.1) is 0 Å². The van der Waals surface area contributed by atoms with Crippen LogP contribution in [0.3, 0.4) is 0 Å². The van der Waals surface area contributed by atoms with E-state index in [9.17, 15) is 4.79 Å². The Morgan fingerprint density at radius 3 is 2.26 bits per heavy atom. The van der Waals surface area contributed by atoms with Crippen molar-refractivity contribution in [3.8, 4) is 0 Å². The first-order valence-electron chi connectivity index (χ1n) is 5.74. The summed E-state index contributed by atoms with van der Waals surface area (Å²) in [6.07, 6.45) is 0. The molecule has 0 aromatic heterocycles. The van der Waals surface area contributed by atoms with Crippen LogP contribution in [0.25, 0.3) is 0 Å². The fourth-order valence-electron chi connectivity index (χ4n) is 1.86. The second-order valence-corrected chi connectivity index (χ2v) is 5.13. The topological polar surface area (TPSA) is 43.1 Å². The highest BCUT2D eigenvalue weighted by molar-refractivity contribution is 9.10. The van der Waals surface area contributed by atoms with E-state index in [0.29, 0.717) is 11.1 Å². The zero-order chi connectivity index (χ0) is 13.1. The summed E-state index contributed by atoms with van der Waals surface area (Å²) in [5, 5.41) is 0. The highest BCUT2D eigenvalue weighted by Gasteiger charge is 2.14. The molecule has 19 heavy (non-hydrogen) atoms. The van der Waals surface area contributed by atoms with Crippen LogP contribution in [0.1, 0.15) is 34.5 Å². The summed E-state index contributed by atoms with van der Waals surface area (Å²) < 4.78 is 0.958. The van der Waals surface area contributed by atoms with Gasteiger partial charge in [-0.05, 0) is 36.8 Å². The van der Waals surface area contributed by atoms with Crippen molar-refractivity contribution in [3.05, 3.63) is 69.7 Å². The van der Waals surface area contributed by atoms with Gasteiger partial charge in [-0.15, -0.1) is 12.4 Å². The molecule has 0 spiro atoms. The molecule has 100 valence electrons. The predicted octanol–water partition coefficient (Wildman–Crippen LogP) is 4.12. The molecule has 2 aromatic carbocycles. The summed E-state index contributed by atoms with van der Waals surface area (Å²) in [5.41, 5.74) is 8.12. The summed E-state index contributed by atoms with van der Waals surface area (Å²) in [6.45, 7) is 1.88. The van der Waals surface area contributed by atoms with Crippen molar-refractivity contribution in [1.29, 1.82) is 0 Å². The van der Waals surface area contributed by atoms with Crippen LogP contribution in [-0.2, 0) is 0 Å². The van der Waals surface area contributed by atoms with Gasteiger partial charge in [0.25, 0.3) is 0 Å². The standard InChI is InChI=1S/C15H14BrNO.ClH/c1-10(17)13-4-2-3-5-14(13)15(18)11-6-8-12(16)9-7-11;/h2-10H,17H2,1H3;1H/t10-;/m1./s1. The molecule has 0 saturated heterocycles. The van der Waals surface area contributed by atoms with Crippen LogP contribution in [0.2, 0.25) is 0 Å². The SMILES string of the molecule is C[C@@H](N)c1ccccc1C(=O)c1ccc(Br)cc1.Cl. The third-order valence-corrected chi connectivity index (χ3v) is 3.33. The minimum absolute atomic E-state index is 0. The Morgan fingerprint density at radius 1 is 1.11 bits per heavy atom. The number of ketones is 1. The number of hydrogen-bond donors (Lipinski definition) is 1. The van der Waals surface area contributed by atoms with Crippen LogP contribution < -0.4 is 5.73 Å². The van der Waals surface area contributed by atoms with Gasteiger partial charge in [-0.2, -0.15) is 0 Å². The molecule has 0 unspecified atom stereocenters. The summed E-state index contributed by atoms with van der Waals surface area (Å²) in [7, 11) is 0. The molecule has 4 heteroatoms. The van der Waals surface area contributed by atoms with Gasteiger partial charge in [0, 0.05) is 21.6 Å². The largest absolute Gasteiger partial charge is 0.324 e. The van der Waals surface area contributed by atoms with Crippen LogP contribution in [0.4, 0.5) is 0 Å². The van der Waals surface area contributed by atoms with Crippen molar-refractivity contribution in [1.82, 2.24) is 0 Å². The Morgan fingerprint density at radius 2 is 1.68 bits per heavy atom. The summed E-state index contributed by atoms with van der Waals surface area (Å²) in [5.74, 6) is 0.00963. The lowest BCUT2D eigenvalue weighted by Gasteiger charge is -2.11. The van der Waals surface area contributed by atoms with Gasteiger partial charge in [0.15, 0.2) is 5.78 Å². The van der Waals surface area contributed by atoms with E-state index in [4.69, 9.17) is 5.73 Å². The van der Waals surface area contributed by atoms with Crippen LogP contribution in [0.5, 0.6) is 0 Å². The Bertz CT molecular complexity index is 567. The first-order chi connectivity index (χ1) is 8.59. The van der Waals surface area contributed by atoms with Crippen LogP contribution in [0.15, 0.2) is 53.0 Å². The molecule has 0 bridgehead atoms. The van der Waals surface area contributed by atoms with Crippen molar-refractivity contribution in [3.63, 3.8) is 0 Å². The normalized spacial score (nSPS) is 11.5. The quantitative estimate of drug-likeness (QED) is 0.854. The van der Waals surface area contributed by atoms with Gasteiger partial charge in [-0.25, -0.2) is 0 Å². The van der Waals surface area contributed by atoms with Crippen LogP contribution in [-0.4, -0.2) is 5.78 Å². The molecule has 0 fully saturated rings. The number of hydrogen-bond acceptors (Lipinski definition) is 2. The molecular weight excluding hydrogens is 326 g/mol. The monoisotopic (exact) mass is 339 g/mol. The molecule has 2 aromatic rings. The van der Waals surface area contributed by atoms with E-state index >= 15 is 0 Å². The van der Waals surface area contributed by atoms with Crippen LogP contribution in [0, 0.1) is 0 Å². The smallest absolute Gasteiger partial charge is 0.193 e. The maximum atomic E-state index is 12.4. The van der Waals surface area contributed by atoms with E-state index in [2.05, 4.69) is 15.9 Å². The summed E-state index contributed by atoms with van der Waals surface area (Å²) >= 11 is 3.36. The van der Waals surface area contributed by atoms with Gasteiger partial charge < -0.3 is 5.73 Å². The van der Waals surface area contributed by atoms with Crippen molar-refractivity contribution in [2.45, 2.75) is 13.0 Å². The van der Waals surface area contributed by atoms with Crippen molar-refractivity contribution >= 4 is 34.1 Å². The first-order valence-corrected chi connectivity index (χ1v) is 6.53. The molecule has 0 aliphatic carbocycles. The first kappa shape index (κ1) is 15.9. The van der Waals surface area contributed by atoms with E-state index in [-0.39, 0.29) is 24.2 Å². The van der Waals surface area contributed by atoms with E-state index in [1.807, 2.05) is 55.5 Å². The third kappa shape index (κ3) is 3.66. The number of nitrogens with two attached hydrogens (primary N) is 1. The van der Waals surface area contributed by atoms with Gasteiger partial charge in [0.1, 0.15) is 0 Å². The molecule has 0 aliphatic heterocycles. The Kier molecular flexibility index (Phi) is 5.73. The molecular formula is C15H15BrClNO. The summed E-state index contributed by atoms with van der Waals surface area (Å²) in [4.78, 5) is 12.4. The third-order valence-electron chi connectivity index (χ3n) is 2.80. The number of carbonyl (C=O) groups is 1. The van der Waals surface area contributed by atoms with Gasteiger partial charge in [-0.1, -0.05) is 40.2 Å². The average molecular weight is 341 g/mol. The Hall–Kier alpha value is -1.16. The number of rotatable bonds is 3. The van der Waals surface area contributed by atoms with Gasteiger partial charge in [0.2, 0.25) is 0 Å². The molecule has 1 atom stereocenters. The molecule has 0 radical (unpaired) electrons. The predicted molar refractivity (Wildman–Crippen MR) is 83.9 cm³/mol. The van der Waals surface area contributed by atoms with E-state index in [1.165, 1.54) is 0 Å². The zero-order valence-corrected chi connectivity index (χ0v) is 12.9. The molecule has 2 N–H and O–H groups in total. The average Bonchev–Trinajstić information content (AvgIpc) is 2.39. The molecule has 0 saturated carbocycles. The van der Waals surface area contributed by atoms with Crippen LogP contribution >= 0.6 is 28.3 Å². The molecule has 0 amide bonds. The number of benzene rings is 2. The molecule has 2 rings (SSSR count). The Balaban J connectivity index is 0.00000180. The second kappa shape index (κ2) is 6.85. The lowest BCUT2D eigenvalue weighted by atomic mass is 9.95. The highest BCUT2D eigenvalue weighted by atomic mass is 79.9. The number of halogens is 2. The van der Waals surface area contributed by atoms with Gasteiger partial charge >= 0.3 is 0 Å². The van der Waals surface area contributed by atoms with Gasteiger partial charge in [-0.3, -0.25) is 4.79 Å². The maximum absolute atomic E-state index is 12.4. The fourth-order valence-corrected chi connectivity index (χ4v) is 2.12.